The van der Waals surface area contributed by atoms with E-state index in [0.29, 0.717) is 5.56 Å². The minimum Gasteiger partial charge on any atom is -0.367 e. The van der Waals surface area contributed by atoms with Crippen LogP contribution in [0.2, 0.25) is 0 Å². The summed E-state index contributed by atoms with van der Waals surface area (Å²) in [5.41, 5.74) is 1.52. The van der Waals surface area contributed by atoms with Crippen LogP contribution in [-0.4, -0.2) is 20.7 Å². The van der Waals surface area contributed by atoms with Crippen molar-refractivity contribution < 1.29 is 4.79 Å². The molecule has 0 aliphatic carbocycles. The Labute approximate surface area is 106 Å². The lowest BCUT2D eigenvalue weighted by Gasteiger charge is -2.13. The summed E-state index contributed by atoms with van der Waals surface area (Å²) in [5, 5.41) is 7.30. The number of anilines is 1. The monoisotopic (exact) mass is 246 g/mol. The Morgan fingerprint density at radius 2 is 2.39 bits per heavy atom. The first-order valence-electron chi connectivity index (χ1n) is 6.12. The van der Waals surface area contributed by atoms with E-state index in [1.54, 1.807) is 18.5 Å². The van der Waals surface area contributed by atoms with Crippen LogP contribution in [0.4, 0.5) is 5.82 Å². The Morgan fingerprint density at radius 1 is 1.61 bits per heavy atom. The third kappa shape index (κ3) is 2.45. The Balaban J connectivity index is 2.21. The van der Waals surface area contributed by atoms with Crippen molar-refractivity contribution in [1.29, 1.82) is 0 Å². The molecule has 0 spiro atoms. The maximum absolute atomic E-state index is 12.0. The Kier molecular flexibility index (Phi) is 3.50. The predicted molar refractivity (Wildman–Crippen MR) is 70.7 cm³/mol. The molecule has 18 heavy (non-hydrogen) atoms. The summed E-state index contributed by atoms with van der Waals surface area (Å²) in [7, 11) is 0. The molecule has 0 saturated carbocycles. The number of nitrogens with zero attached hydrogens (tertiary/aromatic N) is 2. The van der Waals surface area contributed by atoms with Crippen molar-refractivity contribution in [2.24, 2.45) is 0 Å². The molecule has 2 rings (SSSR count). The molecule has 2 aromatic rings. The summed E-state index contributed by atoms with van der Waals surface area (Å²) in [5.74, 6) is 0.619. The lowest BCUT2D eigenvalue weighted by Crippen LogP contribution is -2.17. The molecular weight excluding hydrogens is 228 g/mol. The van der Waals surface area contributed by atoms with E-state index in [1.165, 1.54) is 0 Å². The summed E-state index contributed by atoms with van der Waals surface area (Å²) in [6.45, 7) is 6.10. The van der Waals surface area contributed by atoms with Gasteiger partial charge >= 0.3 is 0 Å². The number of aryl methyl sites for hydroxylation is 1. The molecule has 1 unspecified atom stereocenters. The first-order chi connectivity index (χ1) is 8.61. The second-order valence-electron chi connectivity index (χ2n) is 4.43. The highest BCUT2D eigenvalue weighted by Crippen LogP contribution is 2.19. The summed E-state index contributed by atoms with van der Waals surface area (Å²) in [4.78, 5) is 14.8. The zero-order valence-corrected chi connectivity index (χ0v) is 10.9. The van der Waals surface area contributed by atoms with Gasteiger partial charge in [-0.05, 0) is 26.3 Å². The van der Waals surface area contributed by atoms with Gasteiger partial charge in [-0.15, -0.1) is 0 Å². The van der Waals surface area contributed by atoms with Crippen LogP contribution in [0, 0.1) is 6.92 Å². The maximum Gasteiger partial charge on any atom is 0.258 e. The zero-order valence-electron chi connectivity index (χ0n) is 10.9. The smallest absolute Gasteiger partial charge is 0.258 e. The number of amides is 1. The Morgan fingerprint density at radius 3 is 3.00 bits per heavy atom. The third-order valence-electron chi connectivity index (χ3n) is 2.97. The molecule has 0 bridgehead atoms. The van der Waals surface area contributed by atoms with Crippen LogP contribution in [0.25, 0.3) is 0 Å². The van der Waals surface area contributed by atoms with Crippen LogP contribution in [0.1, 0.15) is 42.4 Å². The van der Waals surface area contributed by atoms with Gasteiger partial charge < -0.3 is 10.3 Å². The molecule has 5 nitrogen and oxygen atoms in total. The van der Waals surface area contributed by atoms with Gasteiger partial charge in [0.15, 0.2) is 0 Å². The number of carbonyl (C=O) groups is 1. The molecule has 0 aromatic carbocycles. The number of carbonyl (C=O) groups excluding carboxylic acids is 1. The van der Waals surface area contributed by atoms with E-state index in [4.69, 9.17) is 0 Å². The molecule has 1 atom stereocenters. The molecule has 0 saturated heterocycles. The standard InChI is InChI=1S/C13H18N4O/c1-4-10(3)17-12(7-9(2)16-17)15-13(18)11-5-6-14-8-11/h5-8,10,14H,4H2,1-3H3,(H,15,18). The highest BCUT2D eigenvalue weighted by molar-refractivity contribution is 6.03. The molecule has 0 fully saturated rings. The number of nitrogens with one attached hydrogen (secondary N) is 2. The fourth-order valence-corrected chi connectivity index (χ4v) is 1.77. The summed E-state index contributed by atoms with van der Waals surface area (Å²) in [6.07, 6.45) is 4.37. The molecule has 2 N–H and O–H groups in total. The van der Waals surface area contributed by atoms with E-state index >= 15 is 0 Å². The van der Waals surface area contributed by atoms with Gasteiger partial charge in [0.25, 0.3) is 5.91 Å². The van der Waals surface area contributed by atoms with Crippen molar-refractivity contribution >= 4 is 11.7 Å². The van der Waals surface area contributed by atoms with Gasteiger partial charge in [0.2, 0.25) is 0 Å². The normalized spacial score (nSPS) is 12.4. The van der Waals surface area contributed by atoms with Crippen molar-refractivity contribution in [2.75, 3.05) is 5.32 Å². The molecule has 0 aliphatic rings. The number of H-pyrrole nitrogens is 1. The van der Waals surface area contributed by atoms with Crippen molar-refractivity contribution in [2.45, 2.75) is 33.2 Å². The lowest BCUT2D eigenvalue weighted by molar-refractivity contribution is 0.102. The number of hydrogen-bond acceptors (Lipinski definition) is 2. The molecule has 5 heteroatoms. The SMILES string of the molecule is CCC(C)n1nc(C)cc1NC(=O)c1cc[nH]c1. The van der Waals surface area contributed by atoms with Crippen LogP contribution < -0.4 is 5.32 Å². The third-order valence-corrected chi connectivity index (χ3v) is 2.97. The molecule has 0 radical (unpaired) electrons. The van der Waals surface area contributed by atoms with Crippen molar-refractivity contribution in [1.82, 2.24) is 14.8 Å². The topological polar surface area (TPSA) is 62.7 Å². The number of hydrogen-bond donors (Lipinski definition) is 2. The fraction of sp³-hybridized carbons (Fsp3) is 0.385. The lowest BCUT2D eigenvalue weighted by atomic mass is 10.2. The van der Waals surface area contributed by atoms with Crippen LogP contribution in [0.3, 0.4) is 0 Å². The van der Waals surface area contributed by atoms with E-state index in [2.05, 4.69) is 29.2 Å². The van der Waals surface area contributed by atoms with Gasteiger partial charge in [0.05, 0.1) is 17.3 Å². The summed E-state index contributed by atoms with van der Waals surface area (Å²) < 4.78 is 1.86. The fourth-order valence-electron chi connectivity index (χ4n) is 1.77. The number of aromatic amines is 1. The van der Waals surface area contributed by atoms with E-state index in [1.807, 2.05) is 17.7 Å². The summed E-state index contributed by atoms with van der Waals surface area (Å²) in [6, 6.07) is 3.89. The van der Waals surface area contributed by atoms with Gasteiger partial charge in [0.1, 0.15) is 5.82 Å². The van der Waals surface area contributed by atoms with Gasteiger partial charge in [-0.3, -0.25) is 4.79 Å². The van der Waals surface area contributed by atoms with E-state index < -0.39 is 0 Å². The first kappa shape index (κ1) is 12.4. The molecule has 0 aliphatic heterocycles. The van der Waals surface area contributed by atoms with Gasteiger partial charge in [0, 0.05) is 18.5 Å². The highest BCUT2D eigenvalue weighted by Gasteiger charge is 2.14. The largest absolute Gasteiger partial charge is 0.367 e. The van der Waals surface area contributed by atoms with Gasteiger partial charge in [-0.25, -0.2) is 4.68 Å². The predicted octanol–water partition coefficient (Wildman–Crippen LogP) is 2.74. The molecule has 96 valence electrons. The van der Waals surface area contributed by atoms with E-state index in [9.17, 15) is 4.79 Å². The number of aromatic nitrogens is 3. The van der Waals surface area contributed by atoms with Gasteiger partial charge in [-0.2, -0.15) is 5.10 Å². The first-order valence-corrected chi connectivity index (χ1v) is 6.12. The van der Waals surface area contributed by atoms with Crippen LogP contribution in [-0.2, 0) is 0 Å². The van der Waals surface area contributed by atoms with Gasteiger partial charge in [-0.1, -0.05) is 6.92 Å². The minimum absolute atomic E-state index is 0.124. The average Bonchev–Trinajstić information content (AvgIpc) is 2.97. The quantitative estimate of drug-likeness (QED) is 0.871. The van der Waals surface area contributed by atoms with Crippen LogP contribution in [0.5, 0.6) is 0 Å². The average molecular weight is 246 g/mol. The molecule has 2 aromatic heterocycles. The number of rotatable bonds is 4. The Bertz CT molecular complexity index is 527. The van der Waals surface area contributed by atoms with Crippen molar-refractivity contribution in [3.63, 3.8) is 0 Å². The van der Waals surface area contributed by atoms with Crippen molar-refractivity contribution in [3.05, 3.63) is 35.8 Å². The maximum atomic E-state index is 12.0. The van der Waals surface area contributed by atoms with Crippen LogP contribution in [0.15, 0.2) is 24.5 Å². The molecule has 1 amide bonds. The van der Waals surface area contributed by atoms with Crippen LogP contribution >= 0.6 is 0 Å². The zero-order chi connectivity index (χ0) is 13.1. The Hall–Kier alpha value is -2.04. The van der Waals surface area contributed by atoms with Crippen molar-refractivity contribution in [3.8, 4) is 0 Å². The summed E-state index contributed by atoms with van der Waals surface area (Å²) >= 11 is 0. The van der Waals surface area contributed by atoms with E-state index in [-0.39, 0.29) is 11.9 Å². The second-order valence-corrected chi connectivity index (χ2v) is 4.43. The highest BCUT2D eigenvalue weighted by atomic mass is 16.1. The molecular formula is C13H18N4O. The second kappa shape index (κ2) is 5.08. The minimum atomic E-state index is -0.124. The molecule has 2 heterocycles. The van der Waals surface area contributed by atoms with E-state index in [0.717, 1.165) is 17.9 Å².